The number of thiazole rings is 1. The van der Waals surface area contributed by atoms with Crippen LogP contribution in [0.5, 0.6) is 0 Å². The third-order valence-electron chi connectivity index (χ3n) is 5.73. The zero-order valence-corrected chi connectivity index (χ0v) is 17.4. The van der Waals surface area contributed by atoms with Crippen LogP contribution in [0.1, 0.15) is 19.3 Å². The first kappa shape index (κ1) is 19.2. The van der Waals surface area contributed by atoms with Gasteiger partial charge in [-0.2, -0.15) is 0 Å². The lowest BCUT2D eigenvalue weighted by molar-refractivity contribution is -0.124. The minimum Gasteiger partial charge on any atom is -0.376 e. The highest BCUT2D eigenvalue weighted by atomic mass is 32.1. The molecule has 154 valence electrons. The van der Waals surface area contributed by atoms with Crippen LogP contribution < -0.4 is 9.80 Å². The molecule has 0 N–H and O–H groups in total. The number of anilines is 2. The maximum atomic E-state index is 13.6. The Balaban J connectivity index is 1.42. The van der Waals surface area contributed by atoms with Crippen LogP contribution in [0, 0.1) is 5.92 Å². The molecule has 7 heteroatoms. The third kappa shape index (κ3) is 3.70. The van der Waals surface area contributed by atoms with Gasteiger partial charge in [0.25, 0.3) is 0 Å². The Morgan fingerprint density at radius 3 is 2.73 bits per heavy atom. The molecule has 2 aliphatic heterocycles. The van der Waals surface area contributed by atoms with Crippen LogP contribution in [0.3, 0.4) is 0 Å². The summed E-state index contributed by atoms with van der Waals surface area (Å²) in [6.45, 7) is 1.61. The van der Waals surface area contributed by atoms with E-state index in [0.29, 0.717) is 18.2 Å². The Bertz CT molecular complexity index is 1030. The summed E-state index contributed by atoms with van der Waals surface area (Å²) in [5, 5.41) is 0.683. The first-order valence-electron chi connectivity index (χ1n) is 10.3. The van der Waals surface area contributed by atoms with Gasteiger partial charge in [0.2, 0.25) is 11.8 Å². The van der Waals surface area contributed by atoms with Crippen LogP contribution in [-0.2, 0) is 14.3 Å². The number of para-hydroxylation sites is 2. The molecule has 30 heavy (non-hydrogen) atoms. The number of amides is 2. The average molecular weight is 422 g/mol. The van der Waals surface area contributed by atoms with Gasteiger partial charge >= 0.3 is 0 Å². The number of benzene rings is 2. The molecule has 2 aliphatic rings. The van der Waals surface area contributed by atoms with E-state index in [2.05, 4.69) is 0 Å². The van der Waals surface area contributed by atoms with Crippen molar-refractivity contribution in [1.29, 1.82) is 0 Å². The molecular weight excluding hydrogens is 398 g/mol. The second kappa shape index (κ2) is 8.16. The minimum atomic E-state index is -0.383. The van der Waals surface area contributed by atoms with Gasteiger partial charge in [-0.15, -0.1) is 0 Å². The molecule has 2 unspecified atom stereocenters. The van der Waals surface area contributed by atoms with Crippen molar-refractivity contribution in [2.24, 2.45) is 5.92 Å². The lowest BCUT2D eigenvalue weighted by atomic mass is 10.1. The molecule has 2 atom stereocenters. The zero-order chi connectivity index (χ0) is 20.5. The molecule has 0 spiro atoms. The largest absolute Gasteiger partial charge is 0.376 e. The summed E-state index contributed by atoms with van der Waals surface area (Å²) in [6, 6.07) is 17.4. The Morgan fingerprint density at radius 2 is 1.97 bits per heavy atom. The number of hydrogen-bond acceptors (Lipinski definition) is 5. The van der Waals surface area contributed by atoms with E-state index in [1.54, 1.807) is 9.80 Å². The van der Waals surface area contributed by atoms with Crippen LogP contribution in [0.25, 0.3) is 10.2 Å². The Morgan fingerprint density at radius 1 is 1.17 bits per heavy atom. The van der Waals surface area contributed by atoms with Gasteiger partial charge in [-0.05, 0) is 37.1 Å². The maximum absolute atomic E-state index is 13.6. The molecule has 2 saturated heterocycles. The highest BCUT2D eigenvalue weighted by Crippen LogP contribution is 2.33. The van der Waals surface area contributed by atoms with E-state index < -0.39 is 0 Å². The number of aromatic nitrogens is 1. The van der Waals surface area contributed by atoms with E-state index >= 15 is 0 Å². The fourth-order valence-electron chi connectivity index (χ4n) is 4.18. The predicted octanol–water partition coefficient (Wildman–Crippen LogP) is 3.86. The van der Waals surface area contributed by atoms with E-state index in [-0.39, 0.29) is 30.3 Å². The average Bonchev–Trinajstić information content (AvgIpc) is 3.51. The van der Waals surface area contributed by atoms with Crippen LogP contribution in [-0.4, -0.2) is 42.6 Å². The molecule has 2 amide bonds. The van der Waals surface area contributed by atoms with Crippen molar-refractivity contribution in [3.63, 3.8) is 0 Å². The number of carbonyl (C=O) groups is 2. The SMILES string of the molecule is O=C1CC(C(=O)N(CC2CCCO2)c2nc3ccccc3s2)CN1c1ccccc1. The van der Waals surface area contributed by atoms with E-state index in [1.807, 2.05) is 54.6 Å². The topological polar surface area (TPSA) is 62.7 Å². The van der Waals surface area contributed by atoms with E-state index in [0.717, 1.165) is 35.4 Å². The van der Waals surface area contributed by atoms with Crippen molar-refractivity contribution in [2.45, 2.75) is 25.4 Å². The second-order valence-electron chi connectivity index (χ2n) is 7.79. The Labute approximate surface area is 179 Å². The molecule has 5 rings (SSSR count). The highest BCUT2D eigenvalue weighted by molar-refractivity contribution is 7.22. The summed E-state index contributed by atoms with van der Waals surface area (Å²) in [7, 11) is 0. The molecule has 1 aromatic heterocycles. The molecule has 0 radical (unpaired) electrons. The Kier molecular flexibility index (Phi) is 5.23. The van der Waals surface area contributed by atoms with Crippen molar-refractivity contribution in [3.05, 3.63) is 54.6 Å². The second-order valence-corrected chi connectivity index (χ2v) is 8.80. The molecule has 6 nitrogen and oxygen atoms in total. The van der Waals surface area contributed by atoms with Crippen molar-refractivity contribution >= 4 is 44.2 Å². The molecule has 3 heterocycles. The number of nitrogens with zero attached hydrogens (tertiary/aromatic N) is 3. The normalized spacial score (nSPS) is 21.5. The van der Waals surface area contributed by atoms with Crippen molar-refractivity contribution in [2.75, 3.05) is 29.5 Å². The van der Waals surface area contributed by atoms with Crippen LogP contribution in [0.2, 0.25) is 0 Å². The first-order chi connectivity index (χ1) is 14.7. The van der Waals surface area contributed by atoms with Gasteiger partial charge in [-0.3, -0.25) is 14.5 Å². The van der Waals surface area contributed by atoms with Gasteiger partial charge in [0.15, 0.2) is 5.13 Å². The molecule has 2 fully saturated rings. The van der Waals surface area contributed by atoms with E-state index in [1.165, 1.54) is 11.3 Å². The molecule has 2 aromatic carbocycles. The third-order valence-corrected chi connectivity index (χ3v) is 6.79. The van der Waals surface area contributed by atoms with Crippen molar-refractivity contribution in [3.8, 4) is 0 Å². The molecule has 0 saturated carbocycles. The molecular formula is C23H23N3O3S. The van der Waals surface area contributed by atoms with Gasteiger partial charge in [-0.25, -0.2) is 4.98 Å². The summed E-state index contributed by atoms with van der Waals surface area (Å²) in [5.74, 6) is -0.441. The lowest BCUT2D eigenvalue weighted by Gasteiger charge is -2.25. The monoisotopic (exact) mass is 421 g/mol. The number of carbonyl (C=O) groups excluding carboxylic acids is 2. The van der Waals surface area contributed by atoms with Crippen LogP contribution in [0.4, 0.5) is 10.8 Å². The van der Waals surface area contributed by atoms with Gasteiger partial charge in [0.1, 0.15) is 0 Å². The number of hydrogen-bond donors (Lipinski definition) is 0. The highest BCUT2D eigenvalue weighted by Gasteiger charge is 2.39. The smallest absolute Gasteiger partial charge is 0.234 e. The maximum Gasteiger partial charge on any atom is 0.234 e. The van der Waals surface area contributed by atoms with E-state index in [9.17, 15) is 9.59 Å². The summed E-state index contributed by atoms with van der Waals surface area (Å²) in [4.78, 5) is 34.4. The van der Waals surface area contributed by atoms with Crippen LogP contribution >= 0.6 is 11.3 Å². The lowest BCUT2D eigenvalue weighted by Crippen LogP contribution is -2.42. The van der Waals surface area contributed by atoms with Gasteiger partial charge < -0.3 is 9.64 Å². The standard InChI is InChI=1S/C23H23N3O3S/c27-21-13-16(14-25(21)17-7-2-1-3-8-17)22(28)26(15-18-9-6-12-29-18)23-24-19-10-4-5-11-20(19)30-23/h1-5,7-8,10-11,16,18H,6,9,12-15H2. The van der Waals surface area contributed by atoms with Crippen LogP contribution in [0.15, 0.2) is 54.6 Å². The van der Waals surface area contributed by atoms with Gasteiger partial charge in [0.05, 0.1) is 28.8 Å². The minimum absolute atomic E-state index is 0.0130. The van der Waals surface area contributed by atoms with Gasteiger partial charge in [-0.1, -0.05) is 41.7 Å². The molecule has 3 aromatic rings. The zero-order valence-electron chi connectivity index (χ0n) is 16.6. The summed E-state index contributed by atoms with van der Waals surface area (Å²) < 4.78 is 6.86. The molecule has 0 aliphatic carbocycles. The summed E-state index contributed by atoms with van der Waals surface area (Å²) >= 11 is 1.51. The first-order valence-corrected chi connectivity index (χ1v) is 11.1. The Hall–Kier alpha value is -2.77. The number of ether oxygens (including phenoxy) is 1. The molecule has 0 bridgehead atoms. The fraction of sp³-hybridized carbons (Fsp3) is 0.348. The van der Waals surface area contributed by atoms with Gasteiger partial charge in [0, 0.05) is 25.3 Å². The predicted molar refractivity (Wildman–Crippen MR) is 118 cm³/mol. The number of rotatable bonds is 5. The van der Waals surface area contributed by atoms with E-state index in [4.69, 9.17) is 9.72 Å². The van der Waals surface area contributed by atoms with Crippen molar-refractivity contribution < 1.29 is 14.3 Å². The number of fused-ring (bicyclic) bond motifs is 1. The summed E-state index contributed by atoms with van der Waals surface area (Å²) in [5.41, 5.74) is 1.72. The quantitative estimate of drug-likeness (QED) is 0.628. The summed E-state index contributed by atoms with van der Waals surface area (Å²) in [6.07, 6.45) is 2.19. The van der Waals surface area contributed by atoms with Crippen molar-refractivity contribution in [1.82, 2.24) is 4.98 Å². The fourth-order valence-corrected chi connectivity index (χ4v) is 5.16.